The fraction of sp³-hybridized carbons (Fsp3) is 0.500. The summed E-state index contributed by atoms with van der Waals surface area (Å²) in [5, 5.41) is 0. The summed E-state index contributed by atoms with van der Waals surface area (Å²) < 4.78 is 63.9. The van der Waals surface area contributed by atoms with E-state index < -0.39 is 17.7 Å². The van der Waals surface area contributed by atoms with E-state index in [0.717, 1.165) is 12.1 Å². The number of benzene rings is 1. The average Bonchev–Trinajstić information content (AvgIpc) is 2.28. The highest BCUT2D eigenvalue weighted by Crippen LogP contribution is 2.37. The van der Waals surface area contributed by atoms with Crippen LogP contribution in [0.5, 0.6) is 0 Å². The molecule has 19 heavy (non-hydrogen) atoms. The van der Waals surface area contributed by atoms with E-state index in [1.54, 1.807) is 4.90 Å². The molecule has 1 aromatic rings. The lowest BCUT2D eigenvalue weighted by molar-refractivity contribution is -0.137. The Labute approximate surface area is 115 Å². The standard InChI is InChI=1S/C12H11BrF5N/c13-9-7-8(12(16,17)18)1-2-10(9)19-5-3-11(14,15)4-6-19/h1-2,7H,3-6H2. The number of hydrogen-bond donors (Lipinski definition) is 0. The zero-order valence-corrected chi connectivity index (χ0v) is 11.4. The highest BCUT2D eigenvalue weighted by molar-refractivity contribution is 9.10. The molecule has 1 aromatic carbocycles. The maximum atomic E-state index is 13.0. The monoisotopic (exact) mass is 343 g/mol. The third kappa shape index (κ3) is 3.38. The minimum Gasteiger partial charge on any atom is -0.370 e. The topological polar surface area (TPSA) is 3.24 Å². The lowest BCUT2D eigenvalue weighted by Gasteiger charge is -2.34. The molecule has 1 fully saturated rings. The second-order valence-electron chi connectivity index (χ2n) is 4.51. The van der Waals surface area contributed by atoms with Crippen LogP contribution in [0.4, 0.5) is 27.6 Å². The summed E-state index contributed by atoms with van der Waals surface area (Å²) in [7, 11) is 0. The summed E-state index contributed by atoms with van der Waals surface area (Å²) >= 11 is 3.07. The summed E-state index contributed by atoms with van der Waals surface area (Å²) in [4.78, 5) is 1.67. The molecule has 0 unspecified atom stereocenters. The van der Waals surface area contributed by atoms with Crippen LogP contribution in [-0.4, -0.2) is 19.0 Å². The van der Waals surface area contributed by atoms with E-state index in [1.165, 1.54) is 6.07 Å². The molecule has 1 aliphatic rings. The summed E-state index contributed by atoms with van der Waals surface area (Å²) in [5.41, 5.74) is -0.242. The van der Waals surface area contributed by atoms with Gasteiger partial charge in [-0.3, -0.25) is 0 Å². The largest absolute Gasteiger partial charge is 0.416 e. The van der Waals surface area contributed by atoms with Crippen LogP contribution in [0.15, 0.2) is 22.7 Å². The van der Waals surface area contributed by atoms with Gasteiger partial charge in [-0.05, 0) is 34.1 Å². The van der Waals surface area contributed by atoms with Crippen LogP contribution in [0.3, 0.4) is 0 Å². The lowest BCUT2D eigenvalue weighted by atomic mass is 10.1. The van der Waals surface area contributed by atoms with Gasteiger partial charge in [-0.2, -0.15) is 13.2 Å². The third-order valence-electron chi connectivity index (χ3n) is 3.11. The predicted molar refractivity (Wildman–Crippen MR) is 65.5 cm³/mol. The van der Waals surface area contributed by atoms with E-state index in [9.17, 15) is 22.0 Å². The summed E-state index contributed by atoms with van der Waals surface area (Å²) in [6.07, 6.45) is -4.96. The van der Waals surface area contributed by atoms with Crippen molar-refractivity contribution in [1.29, 1.82) is 0 Å². The Morgan fingerprint density at radius 1 is 1.11 bits per heavy atom. The van der Waals surface area contributed by atoms with Gasteiger partial charge in [0.15, 0.2) is 0 Å². The fourth-order valence-corrected chi connectivity index (χ4v) is 2.64. The fourth-order valence-electron chi connectivity index (χ4n) is 2.01. The molecular formula is C12H11BrF5N. The molecule has 1 heterocycles. The average molecular weight is 344 g/mol. The normalized spacial score (nSPS) is 19.6. The van der Waals surface area contributed by atoms with E-state index in [4.69, 9.17) is 0 Å². The Kier molecular flexibility index (Phi) is 3.77. The van der Waals surface area contributed by atoms with Crippen molar-refractivity contribution >= 4 is 21.6 Å². The van der Waals surface area contributed by atoms with Gasteiger partial charge in [0.1, 0.15) is 0 Å². The minimum absolute atomic E-state index is 0.136. The first-order valence-corrected chi connectivity index (χ1v) is 6.48. The number of rotatable bonds is 1. The van der Waals surface area contributed by atoms with Crippen LogP contribution in [0.1, 0.15) is 18.4 Å². The second kappa shape index (κ2) is 4.92. The smallest absolute Gasteiger partial charge is 0.370 e. The molecule has 0 aromatic heterocycles. The van der Waals surface area contributed by atoms with Gasteiger partial charge in [0.2, 0.25) is 0 Å². The number of nitrogens with zero attached hydrogens (tertiary/aromatic N) is 1. The van der Waals surface area contributed by atoms with Crippen molar-refractivity contribution in [2.45, 2.75) is 24.9 Å². The molecule has 0 spiro atoms. The molecule has 1 nitrogen and oxygen atoms in total. The highest BCUT2D eigenvalue weighted by Gasteiger charge is 2.35. The van der Waals surface area contributed by atoms with E-state index >= 15 is 0 Å². The molecule has 0 atom stereocenters. The van der Waals surface area contributed by atoms with Gasteiger partial charge in [-0.1, -0.05) is 0 Å². The number of alkyl halides is 5. The van der Waals surface area contributed by atoms with E-state index in [0.29, 0.717) is 5.69 Å². The Bertz CT molecular complexity index is 462. The van der Waals surface area contributed by atoms with Gasteiger partial charge < -0.3 is 4.90 Å². The molecule has 106 valence electrons. The molecular weight excluding hydrogens is 333 g/mol. The van der Waals surface area contributed by atoms with E-state index in [2.05, 4.69) is 15.9 Å². The van der Waals surface area contributed by atoms with Crippen LogP contribution in [0.2, 0.25) is 0 Å². The molecule has 7 heteroatoms. The maximum absolute atomic E-state index is 13.0. The van der Waals surface area contributed by atoms with Crippen LogP contribution in [-0.2, 0) is 6.18 Å². The van der Waals surface area contributed by atoms with Gasteiger partial charge in [0.25, 0.3) is 5.92 Å². The summed E-state index contributed by atoms with van der Waals surface area (Å²) in [6.45, 7) is 0.272. The first-order valence-electron chi connectivity index (χ1n) is 5.69. The third-order valence-corrected chi connectivity index (χ3v) is 3.75. The molecule has 2 rings (SSSR count). The maximum Gasteiger partial charge on any atom is 0.416 e. The highest BCUT2D eigenvalue weighted by atomic mass is 79.9. The van der Waals surface area contributed by atoms with Gasteiger partial charge in [0.05, 0.1) is 11.3 Å². The van der Waals surface area contributed by atoms with Gasteiger partial charge in [-0.15, -0.1) is 0 Å². The summed E-state index contributed by atoms with van der Waals surface area (Å²) in [6, 6.07) is 3.26. The number of piperidine rings is 1. The van der Waals surface area contributed by atoms with Crippen LogP contribution in [0, 0.1) is 0 Å². The van der Waals surface area contributed by atoms with Crippen molar-refractivity contribution in [2.24, 2.45) is 0 Å². The van der Waals surface area contributed by atoms with Crippen LogP contribution in [0.25, 0.3) is 0 Å². The molecule has 0 N–H and O–H groups in total. The zero-order valence-electron chi connectivity index (χ0n) is 9.78. The molecule has 0 aliphatic carbocycles. The number of hydrogen-bond acceptors (Lipinski definition) is 1. The van der Waals surface area contributed by atoms with Crippen LogP contribution < -0.4 is 4.90 Å². The molecule has 0 bridgehead atoms. The SMILES string of the molecule is FC1(F)CCN(c2ccc(C(F)(F)F)cc2Br)CC1. The van der Waals surface area contributed by atoms with Crippen molar-refractivity contribution < 1.29 is 22.0 Å². The number of anilines is 1. The first-order chi connectivity index (χ1) is 8.69. The van der Waals surface area contributed by atoms with Crippen molar-refractivity contribution in [3.8, 4) is 0 Å². The van der Waals surface area contributed by atoms with E-state index in [-0.39, 0.29) is 30.4 Å². The van der Waals surface area contributed by atoms with Crippen molar-refractivity contribution in [1.82, 2.24) is 0 Å². The minimum atomic E-state index is -4.41. The molecule has 0 amide bonds. The first kappa shape index (κ1) is 14.6. The molecule has 0 saturated carbocycles. The molecule has 0 radical (unpaired) electrons. The second-order valence-corrected chi connectivity index (χ2v) is 5.36. The van der Waals surface area contributed by atoms with Crippen LogP contribution >= 0.6 is 15.9 Å². The Morgan fingerprint density at radius 3 is 2.16 bits per heavy atom. The predicted octanol–water partition coefficient (Wildman–Crippen LogP) is 4.70. The Morgan fingerprint density at radius 2 is 1.68 bits per heavy atom. The quantitative estimate of drug-likeness (QED) is 0.668. The molecule has 1 saturated heterocycles. The van der Waals surface area contributed by atoms with Crippen molar-refractivity contribution in [3.05, 3.63) is 28.2 Å². The zero-order chi connectivity index (χ0) is 14.3. The van der Waals surface area contributed by atoms with Crippen molar-refractivity contribution in [3.63, 3.8) is 0 Å². The number of halogens is 6. The van der Waals surface area contributed by atoms with Crippen molar-refractivity contribution in [2.75, 3.05) is 18.0 Å². The Hall–Kier alpha value is -0.850. The van der Waals surface area contributed by atoms with E-state index in [1.807, 2.05) is 0 Å². The summed E-state index contributed by atoms with van der Waals surface area (Å²) in [5.74, 6) is -2.67. The van der Waals surface area contributed by atoms with Gasteiger partial charge in [-0.25, -0.2) is 8.78 Å². The van der Waals surface area contributed by atoms with Gasteiger partial charge >= 0.3 is 6.18 Å². The Balaban J connectivity index is 2.19. The van der Waals surface area contributed by atoms with Gasteiger partial charge in [0, 0.05) is 30.4 Å². The molecule has 1 aliphatic heterocycles. The lowest BCUT2D eigenvalue weighted by Crippen LogP contribution is -2.39.